The molecule has 108 valence electrons. The van der Waals surface area contributed by atoms with E-state index in [-0.39, 0.29) is 0 Å². The van der Waals surface area contributed by atoms with Crippen LogP contribution in [-0.4, -0.2) is 29.3 Å². The molecule has 0 saturated heterocycles. The predicted octanol–water partition coefficient (Wildman–Crippen LogP) is 3.09. The van der Waals surface area contributed by atoms with Crippen molar-refractivity contribution in [2.45, 2.75) is 39.0 Å². The normalized spacial score (nSPS) is 13.4. The number of aliphatic hydroxyl groups is 1. The highest BCUT2D eigenvalue weighted by Crippen LogP contribution is 2.29. The van der Waals surface area contributed by atoms with E-state index in [2.05, 4.69) is 4.98 Å². The van der Waals surface area contributed by atoms with Crippen molar-refractivity contribution in [3.63, 3.8) is 0 Å². The summed E-state index contributed by atoms with van der Waals surface area (Å²) in [5.74, 6) is 0.510. The number of rotatable bonds is 6. The van der Waals surface area contributed by atoms with Crippen LogP contribution in [0.1, 0.15) is 32.3 Å². The van der Waals surface area contributed by atoms with Gasteiger partial charge in [0.2, 0.25) is 0 Å². The molecule has 1 N–H and O–H groups in total. The van der Waals surface area contributed by atoms with E-state index < -0.39 is 17.8 Å². The van der Waals surface area contributed by atoms with Gasteiger partial charge in [-0.1, -0.05) is 6.92 Å². The lowest BCUT2D eigenvalue weighted by molar-refractivity contribution is -0.137. The van der Waals surface area contributed by atoms with E-state index in [1.165, 1.54) is 6.07 Å². The Kier molecular flexibility index (Phi) is 5.60. The SMILES string of the molecule is CCCN(CCC(C)O)c1ccc(C(F)(F)F)cn1. The van der Waals surface area contributed by atoms with Crippen molar-refractivity contribution in [1.82, 2.24) is 4.98 Å². The molecule has 1 aromatic heterocycles. The summed E-state index contributed by atoms with van der Waals surface area (Å²) in [6, 6.07) is 2.41. The Morgan fingerprint density at radius 1 is 1.32 bits per heavy atom. The van der Waals surface area contributed by atoms with E-state index >= 15 is 0 Å². The van der Waals surface area contributed by atoms with E-state index in [9.17, 15) is 18.3 Å². The zero-order chi connectivity index (χ0) is 14.5. The molecule has 0 aromatic carbocycles. The van der Waals surface area contributed by atoms with Gasteiger partial charge in [-0.25, -0.2) is 4.98 Å². The van der Waals surface area contributed by atoms with Gasteiger partial charge in [-0.15, -0.1) is 0 Å². The summed E-state index contributed by atoms with van der Waals surface area (Å²) in [5.41, 5.74) is -0.747. The Hall–Kier alpha value is -1.30. The van der Waals surface area contributed by atoms with Gasteiger partial charge < -0.3 is 10.0 Å². The summed E-state index contributed by atoms with van der Waals surface area (Å²) in [6.07, 6.45) is -2.53. The number of nitrogens with zero attached hydrogens (tertiary/aromatic N) is 2. The third-order valence-corrected chi connectivity index (χ3v) is 2.71. The van der Waals surface area contributed by atoms with E-state index in [1.54, 1.807) is 6.92 Å². The molecular formula is C13H19F3N2O. The van der Waals surface area contributed by atoms with Gasteiger partial charge in [0.25, 0.3) is 0 Å². The Labute approximate surface area is 111 Å². The monoisotopic (exact) mass is 276 g/mol. The molecule has 1 atom stereocenters. The van der Waals surface area contributed by atoms with Crippen LogP contribution >= 0.6 is 0 Å². The zero-order valence-electron chi connectivity index (χ0n) is 11.1. The number of aromatic nitrogens is 1. The number of hydrogen-bond acceptors (Lipinski definition) is 3. The molecular weight excluding hydrogens is 257 g/mol. The largest absolute Gasteiger partial charge is 0.417 e. The zero-order valence-corrected chi connectivity index (χ0v) is 11.1. The van der Waals surface area contributed by atoms with Gasteiger partial charge in [0.05, 0.1) is 11.7 Å². The number of aliphatic hydroxyl groups excluding tert-OH is 1. The number of alkyl halides is 3. The fourth-order valence-corrected chi connectivity index (χ4v) is 1.69. The molecule has 0 bridgehead atoms. The van der Waals surface area contributed by atoms with Crippen molar-refractivity contribution < 1.29 is 18.3 Å². The van der Waals surface area contributed by atoms with E-state index in [1.807, 2.05) is 11.8 Å². The molecule has 0 amide bonds. The first-order valence-electron chi connectivity index (χ1n) is 6.31. The first kappa shape index (κ1) is 15.8. The molecule has 0 aliphatic heterocycles. The highest BCUT2D eigenvalue weighted by molar-refractivity contribution is 5.39. The first-order chi connectivity index (χ1) is 8.84. The maximum atomic E-state index is 12.4. The van der Waals surface area contributed by atoms with E-state index in [0.29, 0.717) is 25.3 Å². The van der Waals surface area contributed by atoms with Gasteiger partial charge in [0.1, 0.15) is 5.82 Å². The molecule has 19 heavy (non-hydrogen) atoms. The molecule has 0 radical (unpaired) electrons. The Balaban J connectivity index is 2.79. The van der Waals surface area contributed by atoms with Crippen LogP contribution < -0.4 is 4.90 Å². The van der Waals surface area contributed by atoms with Crippen molar-refractivity contribution in [3.05, 3.63) is 23.9 Å². The summed E-state index contributed by atoms with van der Waals surface area (Å²) in [4.78, 5) is 5.75. The quantitative estimate of drug-likeness (QED) is 0.867. The van der Waals surface area contributed by atoms with Gasteiger partial charge in [-0.3, -0.25) is 0 Å². The molecule has 0 aliphatic carbocycles. The topological polar surface area (TPSA) is 36.4 Å². The minimum absolute atomic E-state index is 0.436. The van der Waals surface area contributed by atoms with Crippen molar-refractivity contribution in [2.24, 2.45) is 0 Å². The molecule has 1 rings (SSSR count). The number of halogens is 3. The predicted molar refractivity (Wildman–Crippen MR) is 68.0 cm³/mol. The third kappa shape index (κ3) is 5.06. The van der Waals surface area contributed by atoms with Crippen LogP contribution in [0.4, 0.5) is 19.0 Å². The second-order valence-corrected chi connectivity index (χ2v) is 4.53. The van der Waals surface area contributed by atoms with Gasteiger partial charge >= 0.3 is 6.18 Å². The van der Waals surface area contributed by atoms with Crippen LogP contribution in [-0.2, 0) is 6.18 Å². The van der Waals surface area contributed by atoms with Crippen LogP contribution in [0.25, 0.3) is 0 Å². The van der Waals surface area contributed by atoms with E-state index in [4.69, 9.17) is 0 Å². The Morgan fingerprint density at radius 3 is 2.42 bits per heavy atom. The summed E-state index contributed by atoms with van der Waals surface area (Å²) >= 11 is 0. The molecule has 0 spiro atoms. The standard InChI is InChI=1S/C13H19F3N2O/c1-3-7-18(8-6-10(2)19)12-5-4-11(9-17-12)13(14,15)16/h4-5,9-10,19H,3,6-8H2,1-2H3. The van der Waals surface area contributed by atoms with Crippen molar-refractivity contribution in [2.75, 3.05) is 18.0 Å². The maximum Gasteiger partial charge on any atom is 0.417 e. The van der Waals surface area contributed by atoms with Crippen LogP contribution in [0, 0.1) is 0 Å². The van der Waals surface area contributed by atoms with E-state index in [0.717, 1.165) is 18.7 Å². The van der Waals surface area contributed by atoms with Crippen LogP contribution in [0.3, 0.4) is 0 Å². The van der Waals surface area contributed by atoms with Crippen molar-refractivity contribution >= 4 is 5.82 Å². The number of anilines is 1. The lowest BCUT2D eigenvalue weighted by Gasteiger charge is -2.24. The summed E-state index contributed by atoms with van der Waals surface area (Å²) in [5, 5.41) is 9.27. The molecule has 0 saturated carbocycles. The Bertz CT molecular complexity index is 376. The lowest BCUT2D eigenvalue weighted by Crippen LogP contribution is -2.28. The second-order valence-electron chi connectivity index (χ2n) is 4.53. The highest BCUT2D eigenvalue weighted by Gasteiger charge is 2.30. The van der Waals surface area contributed by atoms with Crippen LogP contribution in [0.15, 0.2) is 18.3 Å². The third-order valence-electron chi connectivity index (χ3n) is 2.71. The summed E-state index contributed by atoms with van der Waals surface area (Å²) in [7, 11) is 0. The minimum atomic E-state index is -4.36. The van der Waals surface area contributed by atoms with Gasteiger partial charge in [0, 0.05) is 19.3 Å². The molecule has 1 heterocycles. The second kappa shape index (κ2) is 6.75. The molecule has 6 heteroatoms. The fraction of sp³-hybridized carbons (Fsp3) is 0.615. The van der Waals surface area contributed by atoms with Gasteiger partial charge in [0.15, 0.2) is 0 Å². The first-order valence-corrected chi connectivity index (χ1v) is 6.31. The maximum absolute atomic E-state index is 12.4. The molecule has 1 unspecified atom stereocenters. The summed E-state index contributed by atoms with van der Waals surface area (Å²) in [6.45, 7) is 4.94. The van der Waals surface area contributed by atoms with Gasteiger partial charge in [-0.2, -0.15) is 13.2 Å². The molecule has 0 fully saturated rings. The fourth-order valence-electron chi connectivity index (χ4n) is 1.69. The highest BCUT2D eigenvalue weighted by atomic mass is 19.4. The Morgan fingerprint density at radius 2 is 2.00 bits per heavy atom. The minimum Gasteiger partial charge on any atom is -0.393 e. The number of pyridine rings is 1. The average Bonchev–Trinajstić information content (AvgIpc) is 2.33. The lowest BCUT2D eigenvalue weighted by atomic mass is 10.2. The van der Waals surface area contributed by atoms with Crippen LogP contribution in [0.2, 0.25) is 0 Å². The summed E-state index contributed by atoms with van der Waals surface area (Å²) < 4.78 is 37.3. The van der Waals surface area contributed by atoms with Crippen LogP contribution in [0.5, 0.6) is 0 Å². The smallest absolute Gasteiger partial charge is 0.393 e. The van der Waals surface area contributed by atoms with Gasteiger partial charge in [-0.05, 0) is 31.9 Å². The van der Waals surface area contributed by atoms with Crippen molar-refractivity contribution in [3.8, 4) is 0 Å². The number of hydrogen-bond donors (Lipinski definition) is 1. The van der Waals surface area contributed by atoms with Crippen molar-refractivity contribution in [1.29, 1.82) is 0 Å². The molecule has 1 aromatic rings. The molecule has 3 nitrogen and oxygen atoms in total. The molecule has 0 aliphatic rings. The average molecular weight is 276 g/mol.